The fourth-order valence-electron chi connectivity index (χ4n) is 5.90. The summed E-state index contributed by atoms with van der Waals surface area (Å²) in [6.07, 6.45) is -0.581. The van der Waals surface area contributed by atoms with Gasteiger partial charge >= 0.3 is 6.18 Å². The third kappa shape index (κ3) is 5.81. The molecule has 5 nitrogen and oxygen atoms in total. The largest absolute Gasteiger partial charge is 0.416 e. The molecule has 2 amide bonds. The van der Waals surface area contributed by atoms with Gasteiger partial charge in [-0.3, -0.25) is 9.59 Å². The van der Waals surface area contributed by atoms with E-state index in [-0.39, 0.29) is 28.8 Å². The molecule has 0 spiro atoms. The number of alkyl halides is 3. The highest BCUT2D eigenvalue weighted by molar-refractivity contribution is 5.98. The Morgan fingerprint density at radius 3 is 2.35 bits per heavy atom. The summed E-state index contributed by atoms with van der Waals surface area (Å²) in [7, 11) is 0. The van der Waals surface area contributed by atoms with Crippen molar-refractivity contribution in [1.29, 1.82) is 0 Å². The third-order valence-electron chi connectivity index (χ3n) is 7.83. The van der Waals surface area contributed by atoms with Crippen molar-refractivity contribution in [3.8, 4) is 0 Å². The summed E-state index contributed by atoms with van der Waals surface area (Å²) in [4.78, 5) is 28.8. The van der Waals surface area contributed by atoms with Gasteiger partial charge in [0.1, 0.15) is 5.82 Å². The first-order valence-corrected chi connectivity index (χ1v) is 12.8. The molecule has 1 aliphatic heterocycles. The highest BCUT2D eigenvalue weighted by atomic mass is 19.4. The predicted octanol–water partition coefficient (Wildman–Crippen LogP) is 5.84. The monoisotopic (exact) mass is 519 g/mol. The minimum absolute atomic E-state index is 0.00516. The van der Waals surface area contributed by atoms with Gasteiger partial charge in [0, 0.05) is 24.3 Å². The molecule has 3 N–H and O–H groups in total. The molecule has 1 saturated heterocycles. The molecular formula is C28H33F4N3O2. The second kappa shape index (κ2) is 10.8. The van der Waals surface area contributed by atoms with E-state index >= 15 is 0 Å². The van der Waals surface area contributed by atoms with Crippen LogP contribution >= 0.6 is 0 Å². The number of benzene rings is 2. The van der Waals surface area contributed by atoms with E-state index in [9.17, 15) is 27.2 Å². The summed E-state index contributed by atoms with van der Waals surface area (Å²) < 4.78 is 55.0. The van der Waals surface area contributed by atoms with Crippen LogP contribution in [0.25, 0.3) is 0 Å². The van der Waals surface area contributed by atoms with Crippen LogP contribution in [0, 0.1) is 31.5 Å². The van der Waals surface area contributed by atoms with Crippen molar-refractivity contribution in [1.82, 2.24) is 4.90 Å². The number of amides is 2. The molecule has 200 valence electrons. The van der Waals surface area contributed by atoms with E-state index in [0.717, 1.165) is 31.7 Å². The number of nitrogens with one attached hydrogen (secondary N) is 1. The van der Waals surface area contributed by atoms with Crippen LogP contribution in [0.1, 0.15) is 65.6 Å². The van der Waals surface area contributed by atoms with Crippen LogP contribution < -0.4 is 11.1 Å². The lowest BCUT2D eigenvalue weighted by atomic mass is 9.73. The summed E-state index contributed by atoms with van der Waals surface area (Å²) in [6, 6.07) is 7.74. The topological polar surface area (TPSA) is 75.4 Å². The maximum absolute atomic E-state index is 14.8. The van der Waals surface area contributed by atoms with Gasteiger partial charge in [-0.1, -0.05) is 18.2 Å². The number of halogens is 4. The SMILES string of the molecule is Cc1ccc(NC(=O)C2CCCN(C(=O)c3c(C)cccc3F)[C@H]2C2CCC(N)CC2)cc1C(F)(F)F. The van der Waals surface area contributed by atoms with Crippen LogP contribution in [-0.4, -0.2) is 35.3 Å². The molecule has 0 bridgehead atoms. The van der Waals surface area contributed by atoms with Gasteiger partial charge in [0.05, 0.1) is 17.0 Å². The second-order valence-corrected chi connectivity index (χ2v) is 10.4. The number of piperidine rings is 1. The van der Waals surface area contributed by atoms with Crippen molar-refractivity contribution in [2.24, 2.45) is 17.6 Å². The minimum atomic E-state index is -4.54. The number of nitrogens with two attached hydrogens (primary N) is 1. The van der Waals surface area contributed by atoms with Crippen LogP contribution in [0.15, 0.2) is 36.4 Å². The third-order valence-corrected chi connectivity index (χ3v) is 7.83. The van der Waals surface area contributed by atoms with Crippen LogP contribution in [0.3, 0.4) is 0 Å². The first-order valence-electron chi connectivity index (χ1n) is 12.8. The number of aryl methyl sites for hydroxylation is 2. The van der Waals surface area contributed by atoms with Gasteiger partial charge in [0.2, 0.25) is 5.91 Å². The molecule has 1 unspecified atom stereocenters. The molecule has 1 heterocycles. The summed E-state index contributed by atoms with van der Waals surface area (Å²) in [6.45, 7) is 3.43. The maximum Gasteiger partial charge on any atom is 0.416 e. The maximum atomic E-state index is 14.8. The fraction of sp³-hybridized carbons (Fsp3) is 0.500. The quantitative estimate of drug-likeness (QED) is 0.499. The van der Waals surface area contributed by atoms with E-state index in [4.69, 9.17) is 5.73 Å². The lowest BCUT2D eigenvalue weighted by Crippen LogP contribution is -2.56. The minimum Gasteiger partial charge on any atom is -0.334 e. The van der Waals surface area contributed by atoms with E-state index < -0.39 is 41.3 Å². The van der Waals surface area contributed by atoms with Crippen LogP contribution in [0.4, 0.5) is 23.2 Å². The molecule has 0 radical (unpaired) electrons. The molecule has 4 rings (SSSR count). The molecule has 9 heteroatoms. The molecule has 2 fully saturated rings. The molecule has 1 saturated carbocycles. The lowest BCUT2D eigenvalue weighted by Gasteiger charge is -2.46. The van der Waals surface area contributed by atoms with Gasteiger partial charge in [0.25, 0.3) is 5.91 Å². The molecule has 2 aromatic rings. The van der Waals surface area contributed by atoms with E-state index in [2.05, 4.69) is 5.32 Å². The summed E-state index contributed by atoms with van der Waals surface area (Å²) in [5.74, 6) is -2.15. The van der Waals surface area contributed by atoms with E-state index in [0.29, 0.717) is 24.9 Å². The summed E-state index contributed by atoms with van der Waals surface area (Å²) >= 11 is 0. The molecule has 2 atom stereocenters. The number of likely N-dealkylation sites (tertiary alicyclic amines) is 1. The Morgan fingerprint density at radius 2 is 1.70 bits per heavy atom. The highest BCUT2D eigenvalue weighted by Crippen LogP contribution is 2.39. The zero-order valence-electron chi connectivity index (χ0n) is 21.1. The fourth-order valence-corrected chi connectivity index (χ4v) is 5.90. The van der Waals surface area contributed by atoms with Gasteiger partial charge in [-0.25, -0.2) is 4.39 Å². The second-order valence-electron chi connectivity index (χ2n) is 10.4. The Balaban J connectivity index is 1.65. The van der Waals surface area contributed by atoms with E-state index in [1.54, 1.807) is 24.0 Å². The average molecular weight is 520 g/mol. The van der Waals surface area contributed by atoms with Gasteiger partial charge in [0.15, 0.2) is 0 Å². The van der Waals surface area contributed by atoms with Crippen molar-refractivity contribution in [3.05, 3.63) is 64.5 Å². The Kier molecular flexibility index (Phi) is 7.92. The van der Waals surface area contributed by atoms with Crippen LogP contribution in [0.2, 0.25) is 0 Å². The highest BCUT2D eigenvalue weighted by Gasteiger charge is 2.44. The molecule has 2 aliphatic rings. The summed E-state index contributed by atoms with van der Waals surface area (Å²) in [5, 5.41) is 2.68. The van der Waals surface area contributed by atoms with Crippen LogP contribution in [-0.2, 0) is 11.0 Å². The van der Waals surface area contributed by atoms with Crippen molar-refractivity contribution in [2.75, 3.05) is 11.9 Å². The summed E-state index contributed by atoms with van der Waals surface area (Å²) in [5.41, 5.74) is 5.93. The number of hydrogen-bond acceptors (Lipinski definition) is 3. The zero-order valence-corrected chi connectivity index (χ0v) is 21.1. The lowest BCUT2D eigenvalue weighted by molar-refractivity contribution is -0.138. The first kappa shape index (κ1) is 27.1. The Labute approximate surface area is 214 Å². The van der Waals surface area contributed by atoms with Gasteiger partial charge in [-0.05, 0) is 87.6 Å². The van der Waals surface area contributed by atoms with Crippen molar-refractivity contribution >= 4 is 17.5 Å². The number of carbonyl (C=O) groups is 2. The number of carbonyl (C=O) groups excluding carboxylic acids is 2. The number of nitrogens with zero attached hydrogens (tertiary/aromatic N) is 1. The molecule has 2 aromatic carbocycles. The smallest absolute Gasteiger partial charge is 0.334 e. The number of anilines is 1. The Bertz CT molecular complexity index is 1140. The van der Waals surface area contributed by atoms with Gasteiger partial charge in [-0.2, -0.15) is 13.2 Å². The zero-order chi connectivity index (χ0) is 26.9. The van der Waals surface area contributed by atoms with Gasteiger partial charge < -0.3 is 16.0 Å². The van der Waals surface area contributed by atoms with Crippen molar-refractivity contribution in [2.45, 2.75) is 70.6 Å². The first-order chi connectivity index (χ1) is 17.5. The normalized spacial score (nSPS) is 24.6. The predicted molar refractivity (Wildman–Crippen MR) is 133 cm³/mol. The molecule has 37 heavy (non-hydrogen) atoms. The number of rotatable bonds is 4. The van der Waals surface area contributed by atoms with Crippen LogP contribution in [0.5, 0.6) is 0 Å². The molecule has 0 aromatic heterocycles. The van der Waals surface area contributed by atoms with E-state index in [1.165, 1.54) is 25.1 Å². The Hall–Kier alpha value is -2.94. The molecule has 1 aliphatic carbocycles. The Morgan fingerprint density at radius 1 is 1.00 bits per heavy atom. The van der Waals surface area contributed by atoms with Crippen molar-refractivity contribution < 1.29 is 27.2 Å². The number of hydrogen-bond donors (Lipinski definition) is 2. The molecular weight excluding hydrogens is 486 g/mol. The standard InChI is InChI=1S/C28H33F4N3O2/c1-16-8-13-20(15-22(16)28(30,31)32)34-26(36)21-6-4-14-35(25(21)18-9-11-19(33)12-10-18)27(37)24-17(2)5-3-7-23(24)29/h3,5,7-8,13,15,18-19,21,25H,4,6,9-12,14,33H2,1-2H3,(H,34,36)/t18?,19?,21?,25-/m0/s1. The average Bonchev–Trinajstić information content (AvgIpc) is 2.84. The van der Waals surface area contributed by atoms with Crippen molar-refractivity contribution in [3.63, 3.8) is 0 Å². The van der Waals surface area contributed by atoms with E-state index in [1.807, 2.05) is 0 Å². The van der Waals surface area contributed by atoms with Gasteiger partial charge in [-0.15, -0.1) is 0 Å².